The van der Waals surface area contributed by atoms with E-state index in [0.717, 1.165) is 48.4 Å². The zero-order valence-electron chi connectivity index (χ0n) is 45.9. The second kappa shape index (κ2) is 26.4. The molecular formula is C54H68ClF2N13O7S2. The molecule has 7 aromatic rings. The van der Waals surface area contributed by atoms with E-state index in [0.29, 0.717) is 58.9 Å². The van der Waals surface area contributed by atoms with Crippen LogP contribution in [0.15, 0.2) is 84.1 Å². The van der Waals surface area contributed by atoms with Gasteiger partial charge in [-0.05, 0) is 110 Å². The number of piperidine rings is 2. The maximum Gasteiger partial charge on any atom is 0.410 e. The van der Waals surface area contributed by atoms with Crippen LogP contribution in [0.3, 0.4) is 0 Å². The fourth-order valence-electron chi connectivity index (χ4n) is 8.52. The van der Waals surface area contributed by atoms with E-state index in [-0.39, 0.29) is 59.9 Å². The van der Waals surface area contributed by atoms with Crippen LogP contribution in [-0.4, -0.2) is 145 Å². The van der Waals surface area contributed by atoms with E-state index in [1.165, 1.54) is 55.1 Å². The normalized spacial score (nSPS) is 15.5. The third kappa shape index (κ3) is 16.0. The molecule has 20 nitrogen and oxygen atoms in total. The molecule has 0 spiro atoms. The number of hydrogen-bond acceptors (Lipinski definition) is 15. The first-order valence-electron chi connectivity index (χ1n) is 25.2. The summed E-state index contributed by atoms with van der Waals surface area (Å²) in [5, 5.41) is 7.21. The molecule has 1 unspecified atom stereocenters. The molecule has 0 radical (unpaired) electrons. The van der Waals surface area contributed by atoms with Gasteiger partial charge in [-0.2, -0.15) is 0 Å². The number of anilines is 1. The number of nitrogens with zero attached hydrogens (tertiary/aromatic N) is 9. The average molecular weight is 1150 g/mol. The number of likely N-dealkylation sites (tertiary alicyclic amines) is 2. The number of methoxy groups -OCH3 is 2. The van der Waals surface area contributed by atoms with Crippen molar-refractivity contribution in [2.24, 2.45) is 11.5 Å². The number of aromatic nitrogens is 6. The van der Waals surface area contributed by atoms with Crippen molar-refractivity contribution in [1.29, 1.82) is 0 Å². The Bertz CT molecular complexity index is 3290. The van der Waals surface area contributed by atoms with E-state index in [4.69, 9.17) is 40.4 Å². The predicted molar refractivity (Wildman–Crippen MR) is 298 cm³/mol. The van der Waals surface area contributed by atoms with Gasteiger partial charge in [0, 0.05) is 92.5 Å². The topological polar surface area (TPSA) is 236 Å². The van der Waals surface area contributed by atoms with Crippen LogP contribution >= 0.6 is 22.7 Å². The summed E-state index contributed by atoms with van der Waals surface area (Å²) in [5.74, 6) is -0.143. The number of nitrogens with one attached hydrogen (secondary N) is 2. The molecule has 9 rings (SSSR count). The molecule has 0 bridgehead atoms. The SMILES string of the molecule is CC(C)(C)OC(=O)N1CCCC([NH+]=C(N)N)C1.COc1cc(-c2nc3sccn3c2-c2ccnc(N[C@@H]3CCCN(C(=O)OC(C)(C)C)C3)n2)ccc1F.COc1cc(-c2nc3sccn3c2C(=O)C=CN(C)C)ccc1F.[Cl-]. The first-order chi connectivity index (χ1) is 37.0. The Hall–Kier alpha value is -7.57. The Balaban J connectivity index is 0.000000207. The van der Waals surface area contributed by atoms with Crippen molar-refractivity contribution in [2.45, 2.75) is 90.5 Å². The van der Waals surface area contributed by atoms with Gasteiger partial charge >= 0.3 is 18.1 Å². The molecule has 6 N–H and O–H groups in total. The van der Waals surface area contributed by atoms with Crippen LogP contribution < -0.4 is 43.7 Å². The van der Waals surface area contributed by atoms with Gasteiger partial charge in [0.15, 0.2) is 33.1 Å². The molecule has 7 heterocycles. The lowest BCUT2D eigenvalue weighted by Crippen LogP contribution is -3.00. The van der Waals surface area contributed by atoms with Gasteiger partial charge < -0.3 is 51.4 Å². The minimum absolute atomic E-state index is 0. The van der Waals surface area contributed by atoms with E-state index in [1.54, 1.807) is 62.0 Å². The molecule has 424 valence electrons. The molecule has 2 fully saturated rings. The molecule has 0 aliphatic carbocycles. The molecule has 2 aliphatic rings. The van der Waals surface area contributed by atoms with Crippen molar-refractivity contribution in [3.63, 3.8) is 0 Å². The highest BCUT2D eigenvalue weighted by atomic mass is 35.5. The predicted octanol–water partition coefficient (Wildman–Crippen LogP) is 4.69. The number of carbonyl (C=O) groups is 3. The Labute approximate surface area is 471 Å². The zero-order valence-corrected chi connectivity index (χ0v) is 48.3. The van der Waals surface area contributed by atoms with Crippen molar-refractivity contribution < 1.29 is 59.5 Å². The number of halogens is 3. The summed E-state index contributed by atoms with van der Waals surface area (Å²) >= 11 is 2.93. The van der Waals surface area contributed by atoms with Gasteiger partial charge in [-0.3, -0.25) is 30.1 Å². The number of hydrogen-bond donors (Lipinski definition) is 4. The quantitative estimate of drug-likeness (QED) is 0.0595. The standard InChI is InChI=1S/C26H29FN6O3S.C17H16FN3O2S.C11H22N4O2.ClH/c1-26(2,3)36-25(34)32-11-5-6-17(15-32)29-23-28-10-9-19(30-23)22-21(31-24-33(22)12-13-37-24)16-7-8-18(27)20(14-16)35-4;1-20(2)7-6-13(22)16-15(19-17-21(16)8-9-24-17)11-4-5-12(18)14(10-11)23-3;1-11(2,3)17-10(16)15-6-4-5-8(7-15)14-9(12)13;/h7-10,12-14,17H,5-6,11,15H2,1-4H3,(H,28,29,30);4-10H,1-3H3;8H,4-7H2,1-3H3,(H4,12,13,14);1H/t17-;;;/m1.../s1. The molecule has 2 amide bonds. The summed E-state index contributed by atoms with van der Waals surface area (Å²) in [5.41, 5.74) is 14.2. The molecule has 2 aromatic carbocycles. The summed E-state index contributed by atoms with van der Waals surface area (Å²) in [6.45, 7) is 13.6. The number of carbonyl (C=O) groups excluding carboxylic acids is 3. The van der Waals surface area contributed by atoms with Gasteiger partial charge in [0.25, 0.3) is 0 Å². The number of nitrogens with two attached hydrogens (primary N) is 2. The summed E-state index contributed by atoms with van der Waals surface area (Å²) in [4.78, 5) is 65.3. The van der Waals surface area contributed by atoms with Crippen molar-refractivity contribution in [3.05, 3.63) is 101 Å². The molecule has 2 aliphatic heterocycles. The van der Waals surface area contributed by atoms with Crippen molar-refractivity contribution >= 4 is 62.5 Å². The zero-order chi connectivity index (χ0) is 56.5. The average Bonchev–Trinajstić information content (AvgIpc) is 4.30. The molecule has 25 heteroatoms. The fourth-order valence-corrected chi connectivity index (χ4v) is 9.95. The minimum Gasteiger partial charge on any atom is -1.00 e. The van der Waals surface area contributed by atoms with Crippen LogP contribution in [0.25, 0.3) is 43.8 Å². The van der Waals surface area contributed by atoms with Crippen molar-refractivity contribution in [3.8, 4) is 45.4 Å². The number of fused-ring (bicyclic) bond motifs is 2. The lowest BCUT2D eigenvalue weighted by molar-refractivity contribution is -0.508. The summed E-state index contributed by atoms with van der Waals surface area (Å²) in [6, 6.07) is 11.1. The largest absolute Gasteiger partial charge is 1.00 e. The Kier molecular flexibility index (Phi) is 20.3. The Morgan fingerprint density at radius 1 is 0.772 bits per heavy atom. The Morgan fingerprint density at radius 2 is 1.32 bits per heavy atom. The maximum absolute atomic E-state index is 14.1. The second-order valence-electron chi connectivity index (χ2n) is 20.6. The number of allylic oxidation sites excluding steroid dienone is 1. The lowest BCUT2D eigenvalue weighted by atomic mass is 10.1. The van der Waals surface area contributed by atoms with Gasteiger partial charge in [-0.25, -0.2) is 38.3 Å². The molecule has 79 heavy (non-hydrogen) atoms. The van der Waals surface area contributed by atoms with Crippen LogP contribution in [0.1, 0.15) is 77.7 Å². The molecule has 2 atom stereocenters. The molecule has 0 saturated carbocycles. The number of benzene rings is 2. The number of guanidine groups is 1. The third-order valence-electron chi connectivity index (χ3n) is 11.9. The van der Waals surface area contributed by atoms with E-state index in [2.05, 4.69) is 20.3 Å². The fraction of sp³-hybridized carbons (Fsp3) is 0.407. The maximum atomic E-state index is 14.1. The molecule has 5 aromatic heterocycles. The van der Waals surface area contributed by atoms with Crippen molar-refractivity contribution in [1.82, 2.24) is 43.4 Å². The minimum atomic E-state index is -0.542. The van der Waals surface area contributed by atoms with E-state index in [9.17, 15) is 23.2 Å². The molecule has 2 saturated heterocycles. The van der Waals surface area contributed by atoms with Gasteiger partial charge in [-0.1, -0.05) is 0 Å². The van der Waals surface area contributed by atoms with Crippen LogP contribution in [0, 0.1) is 11.6 Å². The monoisotopic (exact) mass is 1150 g/mol. The van der Waals surface area contributed by atoms with Gasteiger partial charge in [0.05, 0.1) is 38.2 Å². The van der Waals surface area contributed by atoms with Crippen LogP contribution in [0.5, 0.6) is 11.5 Å². The number of imidazole rings is 2. The lowest BCUT2D eigenvalue weighted by Gasteiger charge is -2.34. The van der Waals surface area contributed by atoms with Gasteiger partial charge in [0.2, 0.25) is 11.7 Å². The highest BCUT2D eigenvalue weighted by Gasteiger charge is 2.30. The van der Waals surface area contributed by atoms with Crippen LogP contribution in [0.2, 0.25) is 0 Å². The van der Waals surface area contributed by atoms with Gasteiger partial charge in [-0.15, -0.1) is 22.7 Å². The van der Waals surface area contributed by atoms with Crippen LogP contribution in [-0.2, 0) is 9.47 Å². The highest BCUT2D eigenvalue weighted by Crippen LogP contribution is 2.36. The highest BCUT2D eigenvalue weighted by molar-refractivity contribution is 7.15. The number of ketones is 1. The summed E-state index contributed by atoms with van der Waals surface area (Å²) in [7, 11) is 6.52. The summed E-state index contributed by atoms with van der Waals surface area (Å²) < 4.78 is 52.5. The van der Waals surface area contributed by atoms with Crippen molar-refractivity contribution in [2.75, 3.05) is 59.8 Å². The number of thiazole rings is 2. The number of amides is 2. The second-order valence-corrected chi connectivity index (χ2v) is 22.4. The molecular weight excluding hydrogens is 1080 g/mol. The Morgan fingerprint density at radius 3 is 1.89 bits per heavy atom. The van der Waals surface area contributed by atoms with E-state index >= 15 is 0 Å². The van der Waals surface area contributed by atoms with E-state index in [1.807, 2.05) is 83.1 Å². The number of rotatable bonds is 11. The smallest absolute Gasteiger partial charge is 0.410 e. The third-order valence-corrected chi connectivity index (χ3v) is 13.4. The summed E-state index contributed by atoms with van der Waals surface area (Å²) in [6.07, 6.45) is 11.6. The van der Waals surface area contributed by atoms with E-state index < -0.39 is 22.8 Å². The number of ether oxygens (including phenoxy) is 4. The first kappa shape index (κ1) is 60.7. The van der Waals surface area contributed by atoms with Gasteiger partial charge in [0.1, 0.15) is 28.3 Å². The van der Waals surface area contributed by atoms with Crippen LogP contribution in [0.4, 0.5) is 24.3 Å². The first-order valence-corrected chi connectivity index (χ1v) is 26.9.